The summed E-state index contributed by atoms with van der Waals surface area (Å²) in [5.74, 6) is 0.970. The SMILES string of the molecule is COc1c(C)cc(-c2ccc(CN)cc2)cc1C. The molecule has 2 heteroatoms. The monoisotopic (exact) mass is 241 g/mol. The third kappa shape index (κ3) is 2.39. The van der Waals surface area contributed by atoms with Gasteiger partial charge in [0.1, 0.15) is 5.75 Å². The maximum absolute atomic E-state index is 5.61. The molecule has 0 atom stereocenters. The molecule has 2 aromatic carbocycles. The number of hydrogen-bond acceptors (Lipinski definition) is 2. The van der Waals surface area contributed by atoms with E-state index in [1.807, 2.05) is 0 Å². The highest BCUT2D eigenvalue weighted by Gasteiger charge is 2.06. The van der Waals surface area contributed by atoms with Gasteiger partial charge in [-0.1, -0.05) is 24.3 Å². The highest BCUT2D eigenvalue weighted by molar-refractivity contribution is 5.67. The predicted molar refractivity (Wildman–Crippen MR) is 75.8 cm³/mol. The number of rotatable bonds is 3. The molecular weight excluding hydrogens is 222 g/mol. The molecule has 0 aliphatic rings. The maximum atomic E-state index is 5.61. The molecule has 2 nitrogen and oxygen atoms in total. The van der Waals surface area contributed by atoms with Crippen molar-refractivity contribution >= 4 is 0 Å². The zero-order valence-corrected chi connectivity index (χ0v) is 11.2. The molecule has 2 rings (SSSR count). The Bertz CT molecular complexity index is 521. The summed E-state index contributed by atoms with van der Waals surface area (Å²) < 4.78 is 5.39. The lowest BCUT2D eigenvalue weighted by Gasteiger charge is -2.11. The minimum absolute atomic E-state index is 0.584. The van der Waals surface area contributed by atoms with Crippen LogP contribution >= 0.6 is 0 Å². The molecule has 0 fully saturated rings. The van der Waals surface area contributed by atoms with Gasteiger partial charge in [0.05, 0.1) is 7.11 Å². The van der Waals surface area contributed by atoms with E-state index in [0.717, 1.165) is 22.4 Å². The fourth-order valence-electron chi connectivity index (χ4n) is 2.27. The van der Waals surface area contributed by atoms with E-state index in [0.29, 0.717) is 6.54 Å². The predicted octanol–water partition coefficient (Wildman–Crippen LogP) is 3.44. The van der Waals surface area contributed by atoms with Crippen LogP contribution in [0.3, 0.4) is 0 Å². The first-order valence-electron chi connectivity index (χ1n) is 6.10. The van der Waals surface area contributed by atoms with Crippen molar-refractivity contribution in [2.45, 2.75) is 20.4 Å². The van der Waals surface area contributed by atoms with E-state index < -0.39 is 0 Å². The maximum Gasteiger partial charge on any atom is 0.124 e. The van der Waals surface area contributed by atoms with E-state index in [2.05, 4.69) is 50.2 Å². The molecule has 0 heterocycles. The number of methoxy groups -OCH3 is 1. The Morgan fingerprint density at radius 1 is 0.944 bits per heavy atom. The van der Waals surface area contributed by atoms with Gasteiger partial charge in [-0.25, -0.2) is 0 Å². The molecule has 0 amide bonds. The lowest BCUT2D eigenvalue weighted by Crippen LogP contribution is -1.95. The Kier molecular flexibility index (Phi) is 3.68. The van der Waals surface area contributed by atoms with Gasteiger partial charge in [0, 0.05) is 6.54 Å². The van der Waals surface area contributed by atoms with Gasteiger partial charge in [0.25, 0.3) is 0 Å². The fourth-order valence-corrected chi connectivity index (χ4v) is 2.27. The van der Waals surface area contributed by atoms with Crippen LogP contribution in [-0.2, 0) is 6.54 Å². The lowest BCUT2D eigenvalue weighted by atomic mass is 9.99. The molecular formula is C16H19NO. The second-order valence-corrected chi connectivity index (χ2v) is 4.54. The zero-order valence-electron chi connectivity index (χ0n) is 11.2. The highest BCUT2D eigenvalue weighted by atomic mass is 16.5. The topological polar surface area (TPSA) is 35.2 Å². The highest BCUT2D eigenvalue weighted by Crippen LogP contribution is 2.29. The van der Waals surface area contributed by atoms with Crippen molar-refractivity contribution in [3.8, 4) is 16.9 Å². The van der Waals surface area contributed by atoms with Gasteiger partial charge < -0.3 is 10.5 Å². The van der Waals surface area contributed by atoms with E-state index in [1.165, 1.54) is 11.1 Å². The Morgan fingerprint density at radius 3 is 1.94 bits per heavy atom. The summed E-state index contributed by atoms with van der Waals surface area (Å²) >= 11 is 0. The summed E-state index contributed by atoms with van der Waals surface area (Å²) in [6.45, 7) is 4.73. The summed E-state index contributed by atoms with van der Waals surface area (Å²) in [6.07, 6.45) is 0. The largest absolute Gasteiger partial charge is 0.496 e. The van der Waals surface area contributed by atoms with E-state index >= 15 is 0 Å². The molecule has 2 N–H and O–H groups in total. The summed E-state index contributed by atoms with van der Waals surface area (Å²) in [5, 5.41) is 0. The molecule has 0 aromatic heterocycles. The summed E-state index contributed by atoms with van der Waals surface area (Å²) in [7, 11) is 1.71. The standard InChI is InChI=1S/C16H19NO/c1-11-8-15(9-12(2)16(11)18-3)14-6-4-13(10-17)5-7-14/h4-9H,10,17H2,1-3H3. The molecule has 18 heavy (non-hydrogen) atoms. The van der Waals surface area contributed by atoms with Crippen molar-refractivity contribution in [1.82, 2.24) is 0 Å². The van der Waals surface area contributed by atoms with Crippen LogP contribution in [0.25, 0.3) is 11.1 Å². The van der Waals surface area contributed by atoms with Crippen LogP contribution in [-0.4, -0.2) is 7.11 Å². The van der Waals surface area contributed by atoms with Crippen molar-refractivity contribution < 1.29 is 4.74 Å². The molecule has 0 saturated carbocycles. The van der Waals surface area contributed by atoms with Crippen molar-refractivity contribution in [3.05, 3.63) is 53.1 Å². The van der Waals surface area contributed by atoms with E-state index in [1.54, 1.807) is 7.11 Å². The molecule has 2 aromatic rings. The zero-order chi connectivity index (χ0) is 13.1. The third-order valence-corrected chi connectivity index (χ3v) is 3.19. The summed E-state index contributed by atoms with van der Waals surface area (Å²) in [5.41, 5.74) is 11.5. The van der Waals surface area contributed by atoms with Crippen molar-refractivity contribution in [1.29, 1.82) is 0 Å². The van der Waals surface area contributed by atoms with Crippen LogP contribution in [0.2, 0.25) is 0 Å². The van der Waals surface area contributed by atoms with Crippen LogP contribution in [0.1, 0.15) is 16.7 Å². The first kappa shape index (κ1) is 12.7. The fraction of sp³-hybridized carbons (Fsp3) is 0.250. The van der Waals surface area contributed by atoms with Gasteiger partial charge in [-0.2, -0.15) is 0 Å². The minimum Gasteiger partial charge on any atom is -0.496 e. The van der Waals surface area contributed by atoms with Crippen molar-refractivity contribution in [3.63, 3.8) is 0 Å². The van der Waals surface area contributed by atoms with Crippen LogP contribution in [0.15, 0.2) is 36.4 Å². The summed E-state index contributed by atoms with van der Waals surface area (Å²) in [4.78, 5) is 0. The molecule has 0 radical (unpaired) electrons. The van der Waals surface area contributed by atoms with Gasteiger partial charge in [0.2, 0.25) is 0 Å². The number of benzene rings is 2. The van der Waals surface area contributed by atoms with E-state index in [4.69, 9.17) is 10.5 Å². The Morgan fingerprint density at radius 2 is 1.50 bits per heavy atom. The van der Waals surface area contributed by atoms with Crippen LogP contribution in [0.4, 0.5) is 0 Å². The van der Waals surface area contributed by atoms with Crippen LogP contribution in [0, 0.1) is 13.8 Å². The quantitative estimate of drug-likeness (QED) is 0.893. The van der Waals surface area contributed by atoms with Gasteiger partial charge in [-0.05, 0) is 53.8 Å². The Balaban J connectivity index is 2.44. The van der Waals surface area contributed by atoms with Crippen LogP contribution < -0.4 is 10.5 Å². The third-order valence-electron chi connectivity index (χ3n) is 3.19. The van der Waals surface area contributed by atoms with E-state index in [9.17, 15) is 0 Å². The molecule has 0 unspecified atom stereocenters. The lowest BCUT2D eigenvalue weighted by molar-refractivity contribution is 0.408. The first-order chi connectivity index (χ1) is 8.65. The van der Waals surface area contributed by atoms with Gasteiger partial charge in [-0.15, -0.1) is 0 Å². The molecule has 0 aliphatic heterocycles. The van der Waals surface area contributed by atoms with Crippen molar-refractivity contribution in [2.24, 2.45) is 5.73 Å². The number of hydrogen-bond donors (Lipinski definition) is 1. The van der Waals surface area contributed by atoms with Gasteiger partial charge >= 0.3 is 0 Å². The number of aryl methyl sites for hydroxylation is 2. The molecule has 0 saturated heterocycles. The Hall–Kier alpha value is -1.80. The Labute approximate surface area is 108 Å². The summed E-state index contributed by atoms with van der Waals surface area (Å²) in [6, 6.07) is 12.7. The first-order valence-corrected chi connectivity index (χ1v) is 6.10. The molecule has 0 aliphatic carbocycles. The van der Waals surface area contributed by atoms with Gasteiger partial charge in [-0.3, -0.25) is 0 Å². The number of ether oxygens (including phenoxy) is 1. The van der Waals surface area contributed by atoms with E-state index in [-0.39, 0.29) is 0 Å². The molecule has 0 bridgehead atoms. The second kappa shape index (κ2) is 5.23. The average molecular weight is 241 g/mol. The molecule has 94 valence electrons. The van der Waals surface area contributed by atoms with Gasteiger partial charge in [0.15, 0.2) is 0 Å². The number of nitrogens with two attached hydrogens (primary N) is 1. The molecule has 0 spiro atoms. The second-order valence-electron chi connectivity index (χ2n) is 4.54. The van der Waals surface area contributed by atoms with Crippen molar-refractivity contribution in [2.75, 3.05) is 7.11 Å². The smallest absolute Gasteiger partial charge is 0.124 e. The average Bonchev–Trinajstić information content (AvgIpc) is 2.38. The normalized spacial score (nSPS) is 10.4. The van der Waals surface area contributed by atoms with Crippen LogP contribution in [0.5, 0.6) is 5.75 Å². The minimum atomic E-state index is 0.584.